The molecule has 2 N–H and O–H groups in total. The zero-order valence-electron chi connectivity index (χ0n) is 10.9. The second-order valence-electron chi connectivity index (χ2n) is 4.12. The van der Waals surface area contributed by atoms with E-state index in [4.69, 9.17) is 10.6 Å². The van der Waals surface area contributed by atoms with Crippen molar-refractivity contribution in [3.63, 3.8) is 0 Å². The first-order chi connectivity index (χ1) is 8.67. The van der Waals surface area contributed by atoms with E-state index < -0.39 is 0 Å². The summed E-state index contributed by atoms with van der Waals surface area (Å²) in [6.45, 7) is 2.86. The molecule has 0 aliphatic carbocycles. The molecule has 7 nitrogen and oxygen atoms in total. The molecule has 0 aliphatic rings. The molecule has 0 spiro atoms. The van der Waals surface area contributed by atoms with Gasteiger partial charge in [-0.3, -0.25) is 0 Å². The summed E-state index contributed by atoms with van der Waals surface area (Å²) in [5.74, 6) is 0.409. The van der Waals surface area contributed by atoms with Crippen molar-refractivity contribution >= 4 is 17.0 Å². The van der Waals surface area contributed by atoms with E-state index in [0.717, 1.165) is 18.6 Å². The fourth-order valence-corrected chi connectivity index (χ4v) is 1.91. The van der Waals surface area contributed by atoms with Gasteiger partial charge in [-0.25, -0.2) is 15.0 Å². The second kappa shape index (κ2) is 5.28. The van der Waals surface area contributed by atoms with Crippen LogP contribution in [-0.4, -0.2) is 44.8 Å². The Morgan fingerprint density at radius 1 is 1.44 bits per heavy atom. The summed E-state index contributed by atoms with van der Waals surface area (Å²) in [6.07, 6.45) is 4.16. The minimum atomic E-state index is 0.253. The van der Waals surface area contributed by atoms with E-state index in [2.05, 4.69) is 21.9 Å². The van der Waals surface area contributed by atoms with Crippen LogP contribution in [0, 0.1) is 0 Å². The first kappa shape index (κ1) is 12.7. The average Bonchev–Trinajstić information content (AvgIpc) is 2.79. The maximum atomic E-state index is 5.76. The molecule has 0 radical (unpaired) electrons. The van der Waals surface area contributed by atoms with Crippen LogP contribution in [0.25, 0.3) is 11.2 Å². The smallest absolute Gasteiger partial charge is 0.165 e. The fourth-order valence-electron chi connectivity index (χ4n) is 1.91. The molecule has 0 fully saturated rings. The summed E-state index contributed by atoms with van der Waals surface area (Å²) in [7, 11) is 3.57. The molecule has 1 unspecified atom stereocenters. The van der Waals surface area contributed by atoms with Gasteiger partial charge in [-0.15, -0.1) is 0 Å². The number of nitrogen functional groups attached to an aromatic ring is 1. The van der Waals surface area contributed by atoms with Gasteiger partial charge in [0, 0.05) is 13.6 Å². The third kappa shape index (κ3) is 2.27. The number of anilines is 1. The normalized spacial score (nSPS) is 13.3. The van der Waals surface area contributed by atoms with Crippen molar-refractivity contribution in [3.05, 3.63) is 12.7 Å². The summed E-state index contributed by atoms with van der Waals surface area (Å²) in [6, 6.07) is 0.253. The molecule has 0 amide bonds. The Bertz CT molecular complexity index is 525. The maximum absolute atomic E-state index is 5.76. The Morgan fingerprint density at radius 2 is 2.22 bits per heavy atom. The molecule has 98 valence electrons. The monoisotopic (exact) mass is 250 g/mol. The quantitative estimate of drug-likeness (QED) is 0.786. The van der Waals surface area contributed by atoms with Crippen molar-refractivity contribution in [1.29, 1.82) is 0 Å². The van der Waals surface area contributed by atoms with Gasteiger partial charge in [0.2, 0.25) is 0 Å². The summed E-state index contributed by atoms with van der Waals surface area (Å²) in [4.78, 5) is 17.6. The third-order valence-electron chi connectivity index (χ3n) is 3.11. The van der Waals surface area contributed by atoms with Crippen molar-refractivity contribution in [2.45, 2.75) is 25.9 Å². The standard InChI is InChI=1S/C11H18N6O/c1-4-8(16(2)18-3)5-17-7-15-9-10(12)13-6-14-11(9)17/h6-8H,4-5H2,1-3H3,(H2,12,13,14). The molecule has 0 aromatic carbocycles. The lowest BCUT2D eigenvalue weighted by atomic mass is 10.2. The minimum Gasteiger partial charge on any atom is -0.382 e. The van der Waals surface area contributed by atoms with Crippen LogP contribution >= 0.6 is 0 Å². The van der Waals surface area contributed by atoms with Crippen LogP contribution in [0.5, 0.6) is 0 Å². The number of hydroxylamine groups is 2. The topological polar surface area (TPSA) is 82.1 Å². The third-order valence-corrected chi connectivity index (χ3v) is 3.11. The van der Waals surface area contributed by atoms with Crippen LogP contribution in [0.4, 0.5) is 5.82 Å². The zero-order valence-corrected chi connectivity index (χ0v) is 10.9. The highest BCUT2D eigenvalue weighted by Crippen LogP contribution is 2.16. The van der Waals surface area contributed by atoms with Crippen LogP contribution in [0.1, 0.15) is 13.3 Å². The molecule has 18 heavy (non-hydrogen) atoms. The van der Waals surface area contributed by atoms with Gasteiger partial charge in [-0.1, -0.05) is 6.92 Å². The van der Waals surface area contributed by atoms with Gasteiger partial charge in [0.25, 0.3) is 0 Å². The molecular formula is C11H18N6O. The summed E-state index contributed by atoms with van der Waals surface area (Å²) in [5.41, 5.74) is 7.16. The molecular weight excluding hydrogens is 232 g/mol. The van der Waals surface area contributed by atoms with E-state index in [9.17, 15) is 0 Å². The van der Waals surface area contributed by atoms with Crippen molar-refractivity contribution in [1.82, 2.24) is 24.6 Å². The van der Waals surface area contributed by atoms with E-state index in [1.807, 2.05) is 16.7 Å². The Labute approximate surface area is 106 Å². The van der Waals surface area contributed by atoms with E-state index in [0.29, 0.717) is 11.3 Å². The number of rotatable bonds is 5. The van der Waals surface area contributed by atoms with E-state index in [-0.39, 0.29) is 6.04 Å². The lowest BCUT2D eigenvalue weighted by Gasteiger charge is -2.24. The van der Waals surface area contributed by atoms with Crippen LogP contribution in [0.15, 0.2) is 12.7 Å². The summed E-state index contributed by atoms with van der Waals surface area (Å²) >= 11 is 0. The van der Waals surface area contributed by atoms with Gasteiger partial charge < -0.3 is 15.1 Å². The number of aromatic nitrogens is 4. The molecule has 0 saturated heterocycles. The number of hydrogen-bond donors (Lipinski definition) is 1. The average molecular weight is 250 g/mol. The van der Waals surface area contributed by atoms with E-state index >= 15 is 0 Å². The largest absolute Gasteiger partial charge is 0.382 e. The molecule has 0 bridgehead atoms. The van der Waals surface area contributed by atoms with Gasteiger partial charge in [0.1, 0.15) is 11.8 Å². The first-order valence-electron chi connectivity index (χ1n) is 5.85. The van der Waals surface area contributed by atoms with Crippen LogP contribution < -0.4 is 5.73 Å². The molecule has 2 heterocycles. The Hall–Kier alpha value is -1.73. The van der Waals surface area contributed by atoms with E-state index in [1.165, 1.54) is 6.33 Å². The van der Waals surface area contributed by atoms with Crippen LogP contribution in [-0.2, 0) is 11.4 Å². The number of fused-ring (bicyclic) bond motifs is 1. The van der Waals surface area contributed by atoms with Crippen molar-refractivity contribution < 1.29 is 4.84 Å². The first-order valence-corrected chi connectivity index (χ1v) is 5.85. The van der Waals surface area contributed by atoms with Gasteiger partial charge in [0.15, 0.2) is 11.5 Å². The highest BCUT2D eigenvalue weighted by Gasteiger charge is 2.16. The lowest BCUT2D eigenvalue weighted by Crippen LogP contribution is -2.33. The van der Waals surface area contributed by atoms with Crippen molar-refractivity contribution in [3.8, 4) is 0 Å². The number of hydrogen-bond acceptors (Lipinski definition) is 6. The number of likely N-dealkylation sites (N-methyl/N-ethyl adjacent to an activating group) is 1. The number of nitrogens with two attached hydrogens (primary N) is 1. The minimum absolute atomic E-state index is 0.253. The van der Waals surface area contributed by atoms with Gasteiger partial charge >= 0.3 is 0 Å². The molecule has 0 saturated carbocycles. The van der Waals surface area contributed by atoms with Gasteiger partial charge in [-0.05, 0) is 6.42 Å². The molecule has 2 aromatic rings. The Balaban J connectivity index is 2.29. The fraction of sp³-hybridized carbons (Fsp3) is 0.545. The second-order valence-corrected chi connectivity index (χ2v) is 4.12. The SMILES string of the molecule is CCC(Cn1cnc2c(N)ncnc21)N(C)OC. The zero-order chi connectivity index (χ0) is 13.1. The Kier molecular flexibility index (Phi) is 3.73. The Morgan fingerprint density at radius 3 is 2.89 bits per heavy atom. The van der Waals surface area contributed by atoms with Crippen LogP contribution in [0.2, 0.25) is 0 Å². The summed E-state index contributed by atoms with van der Waals surface area (Å²) < 4.78 is 1.97. The van der Waals surface area contributed by atoms with Crippen molar-refractivity contribution in [2.24, 2.45) is 0 Å². The molecule has 7 heteroatoms. The lowest BCUT2D eigenvalue weighted by molar-refractivity contribution is -0.144. The van der Waals surface area contributed by atoms with Gasteiger partial charge in [-0.2, -0.15) is 5.06 Å². The highest BCUT2D eigenvalue weighted by molar-refractivity contribution is 5.81. The maximum Gasteiger partial charge on any atom is 0.165 e. The highest BCUT2D eigenvalue weighted by atomic mass is 16.7. The molecule has 2 rings (SSSR count). The molecule has 2 aromatic heterocycles. The predicted octanol–water partition coefficient (Wildman–Crippen LogP) is 0.680. The predicted molar refractivity (Wildman–Crippen MR) is 68.6 cm³/mol. The molecule has 1 atom stereocenters. The van der Waals surface area contributed by atoms with E-state index in [1.54, 1.807) is 13.4 Å². The van der Waals surface area contributed by atoms with Gasteiger partial charge in [0.05, 0.1) is 19.5 Å². The summed E-state index contributed by atoms with van der Waals surface area (Å²) in [5, 5.41) is 1.83. The number of nitrogens with zero attached hydrogens (tertiary/aromatic N) is 5. The van der Waals surface area contributed by atoms with Crippen molar-refractivity contribution in [2.75, 3.05) is 19.9 Å². The number of imidazole rings is 1. The molecule has 0 aliphatic heterocycles. The van der Waals surface area contributed by atoms with Crippen LogP contribution in [0.3, 0.4) is 0 Å².